The Morgan fingerprint density at radius 1 is 1.22 bits per heavy atom. The number of nitrogens with zero attached hydrogens (tertiary/aromatic N) is 2. The van der Waals surface area contributed by atoms with Crippen molar-refractivity contribution in [2.75, 3.05) is 0 Å². The molecule has 2 aromatic carbocycles. The SMILES string of the molecule is C=Cn1c[n+](CC(=O)NCc2ccccc2Cl)c2ccccc21. The average molecular weight is 327 g/mol. The van der Waals surface area contributed by atoms with Gasteiger partial charge in [0.05, 0.1) is 6.20 Å². The highest BCUT2D eigenvalue weighted by molar-refractivity contribution is 6.31. The summed E-state index contributed by atoms with van der Waals surface area (Å²) in [5.74, 6) is -0.0677. The number of benzene rings is 2. The number of rotatable bonds is 5. The molecule has 0 radical (unpaired) electrons. The van der Waals surface area contributed by atoms with E-state index in [2.05, 4.69) is 11.9 Å². The Bertz CT molecular complexity index is 870. The summed E-state index contributed by atoms with van der Waals surface area (Å²) in [6.07, 6.45) is 3.59. The van der Waals surface area contributed by atoms with Gasteiger partial charge in [-0.05, 0) is 23.8 Å². The quantitative estimate of drug-likeness (QED) is 0.719. The van der Waals surface area contributed by atoms with Crippen LogP contribution >= 0.6 is 11.6 Å². The van der Waals surface area contributed by atoms with Crippen molar-refractivity contribution in [2.24, 2.45) is 0 Å². The van der Waals surface area contributed by atoms with Gasteiger partial charge < -0.3 is 5.32 Å². The van der Waals surface area contributed by atoms with Crippen molar-refractivity contribution in [2.45, 2.75) is 13.1 Å². The summed E-state index contributed by atoms with van der Waals surface area (Å²) < 4.78 is 3.80. The van der Waals surface area contributed by atoms with Crippen LogP contribution in [0.3, 0.4) is 0 Å². The van der Waals surface area contributed by atoms with Gasteiger partial charge in [-0.3, -0.25) is 4.79 Å². The molecule has 1 amide bonds. The van der Waals surface area contributed by atoms with Crippen LogP contribution in [0.5, 0.6) is 0 Å². The number of carbonyl (C=O) groups excluding carboxylic acids is 1. The zero-order valence-electron chi connectivity index (χ0n) is 12.6. The van der Waals surface area contributed by atoms with E-state index >= 15 is 0 Å². The molecule has 0 saturated heterocycles. The minimum Gasteiger partial charge on any atom is -0.349 e. The highest BCUT2D eigenvalue weighted by Crippen LogP contribution is 2.14. The molecule has 0 aliphatic rings. The highest BCUT2D eigenvalue weighted by atomic mass is 35.5. The molecule has 4 nitrogen and oxygen atoms in total. The maximum atomic E-state index is 12.2. The number of fused-ring (bicyclic) bond motifs is 1. The van der Waals surface area contributed by atoms with Crippen LogP contribution in [0, 0.1) is 0 Å². The number of halogens is 1. The minimum atomic E-state index is -0.0677. The van der Waals surface area contributed by atoms with Crippen LogP contribution in [0.1, 0.15) is 5.56 Å². The van der Waals surface area contributed by atoms with E-state index in [9.17, 15) is 4.79 Å². The maximum Gasteiger partial charge on any atom is 0.262 e. The standard InChI is InChI=1S/C18H16ClN3O/c1-2-21-13-22(17-10-6-5-9-16(17)21)12-18(23)20-11-14-7-3-4-8-15(14)19/h2-10,13H,1,11-12H2/p+1. The van der Waals surface area contributed by atoms with Gasteiger partial charge in [-0.15, -0.1) is 0 Å². The smallest absolute Gasteiger partial charge is 0.262 e. The Morgan fingerprint density at radius 2 is 1.96 bits per heavy atom. The third kappa shape index (κ3) is 3.27. The molecular weight excluding hydrogens is 310 g/mol. The van der Waals surface area contributed by atoms with Crippen LogP contribution in [-0.2, 0) is 17.9 Å². The zero-order valence-corrected chi connectivity index (χ0v) is 13.3. The number of amides is 1. The van der Waals surface area contributed by atoms with E-state index in [1.54, 1.807) is 6.20 Å². The van der Waals surface area contributed by atoms with E-state index in [1.165, 1.54) is 0 Å². The van der Waals surface area contributed by atoms with E-state index in [-0.39, 0.29) is 12.5 Å². The third-order valence-corrected chi connectivity index (χ3v) is 4.05. The van der Waals surface area contributed by atoms with Gasteiger partial charge >= 0.3 is 0 Å². The van der Waals surface area contributed by atoms with Gasteiger partial charge in [0.2, 0.25) is 6.33 Å². The van der Waals surface area contributed by atoms with Crippen molar-refractivity contribution in [3.05, 3.63) is 72.0 Å². The first-order valence-electron chi connectivity index (χ1n) is 7.30. The second-order valence-electron chi connectivity index (χ2n) is 5.19. The largest absolute Gasteiger partial charge is 0.349 e. The fourth-order valence-corrected chi connectivity index (χ4v) is 2.72. The molecule has 0 unspecified atom stereocenters. The molecule has 0 aliphatic heterocycles. The fourth-order valence-electron chi connectivity index (χ4n) is 2.52. The summed E-state index contributed by atoms with van der Waals surface area (Å²) >= 11 is 6.10. The number of hydrogen-bond acceptors (Lipinski definition) is 1. The first-order chi connectivity index (χ1) is 11.2. The van der Waals surface area contributed by atoms with E-state index in [1.807, 2.05) is 64.0 Å². The maximum absolute atomic E-state index is 12.2. The lowest BCUT2D eigenvalue weighted by Gasteiger charge is -2.05. The number of hydrogen-bond donors (Lipinski definition) is 1. The van der Waals surface area contributed by atoms with Gasteiger partial charge in [0, 0.05) is 11.6 Å². The van der Waals surface area contributed by atoms with Crippen LogP contribution in [-0.4, -0.2) is 10.5 Å². The highest BCUT2D eigenvalue weighted by Gasteiger charge is 2.16. The molecule has 3 rings (SSSR count). The molecule has 0 atom stereocenters. The molecule has 3 aromatic rings. The van der Waals surface area contributed by atoms with Crippen molar-refractivity contribution in [1.29, 1.82) is 0 Å². The molecule has 23 heavy (non-hydrogen) atoms. The van der Waals surface area contributed by atoms with E-state index < -0.39 is 0 Å². The predicted octanol–water partition coefficient (Wildman–Crippen LogP) is 3.00. The second kappa shape index (κ2) is 6.67. The lowest BCUT2D eigenvalue weighted by molar-refractivity contribution is -0.658. The normalized spacial score (nSPS) is 10.7. The predicted molar refractivity (Wildman–Crippen MR) is 91.8 cm³/mol. The molecule has 1 N–H and O–H groups in total. The molecular formula is C18H17ClN3O+. The second-order valence-corrected chi connectivity index (χ2v) is 5.60. The summed E-state index contributed by atoms with van der Waals surface area (Å²) in [6, 6.07) is 15.4. The van der Waals surface area contributed by atoms with Gasteiger partial charge in [-0.2, -0.15) is 0 Å². The molecule has 116 valence electrons. The fraction of sp³-hybridized carbons (Fsp3) is 0.111. The van der Waals surface area contributed by atoms with E-state index in [0.717, 1.165) is 16.6 Å². The number of nitrogens with one attached hydrogen (secondary N) is 1. The Hall–Kier alpha value is -2.59. The van der Waals surface area contributed by atoms with Crippen molar-refractivity contribution >= 4 is 34.7 Å². The van der Waals surface area contributed by atoms with Crippen LogP contribution in [0.2, 0.25) is 5.02 Å². The molecule has 1 heterocycles. The molecule has 0 saturated carbocycles. The summed E-state index contributed by atoms with van der Waals surface area (Å²) in [7, 11) is 0. The van der Waals surface area contributed by atoms with Gasteiger partial charge in [-0.25, -0.2) is 9.13 Å². The third-order valence-electron chi connectivity index (χ3n) is 3.68. The van der Waals surface area contributed by atoms with Crippen LogP contribution in [0.4, 0.5) is 0 Å². The van der Waals surface area contributed by atoms with Crippen LogP contribution in [0.15, 0.2) is 61.4 Å². The minimum absolute atomic E-state index is 0.0677. The van der Waals surface area contributed by atoms with Crippen LogP contribution < -0.4 is 9.88 Å². The number of carbonyl (C=O) groups is 1. The molecule has 0 spiro atoms. The first-order valence-corrected chi connectivity index (χ1v) is 7.68. The lowest BCUT2D eigenvalue weighted by Crippen LogP contribution is -2.41. The summed E-state index contributed by atoms with van der Waals surface area (Å²) in [6.45, 7) is 4.45. The number of imidazole rings is 1. The van der Waals surface area contributed by atoms with Gasteiger partial charge in [0.1, 0.15) is 0 Å². The number of aromatic nitrogens is 2. The molecule has 0 fully saturated rings. The molecule has 1 aromatic heterocycles. The summed E-state index contributed by atoms with van der Waals surface area (Å²) in [5.41, 5.74) is 2.91. The van der Waals surface area contributed by atoms with Crippen molar-refractivity contribution in [3.8, 4) is 0 Å². The molecule has 0 aliphatic carbocycles. The average Bonchev–Trinajstić information content (AvgIpc) is 2.92. The first kappa shape index (κ1) is 15.3. The zero-order chi connectivity index (χ0) is 16.2. The molecule has 5 heteroatoms. The van der Waals surface area contributed by atoms with E-state index in [0.29, 0.717) is 11.6 Å². The van der Waals surface area contributed by atoms with Crippen molar-refractivity contribution in [3.63, 3.8) is 0 Å². The van der Waals surface area contributed by atoms with Gasteiger partial charge in [-0.1, -0.05) is 48.5 Å². The van der Waals surface area contributed by atoms with Gasteiger partial charge in [0.25, 0.3) is 5.91 Å². The molecule has 0 bridgehead atoms. The Kier molecular flexibility index (Phi) is 4.44. The summed E-state index contributed by atoms with van der Waals surface area (Å²) in [5, 5.41) is 3.56. The van der Waals surface area contributed by atoms with Crippen molar-refractivity contribution in [1.82, 2.24) is 9.88 Å². The Balaban J connectivity index is 1.73. The van der Waals surface area contributed by atoms with Crippen molar-refractivity contribution < 1.29 is 9.36 Å². The van der Waals surface area contributed by atoms with E-state index in [4.69, 9.17) is 11.6 Å². The van der Waals surface area contributed by atoms with Crippen LogP contribution in [0.25, 0.3) is 17.2 Å². The monoisotopic (exact) mass is 326 g/mol. The van der Waals surface area contributed by atoms with Gasteiger partial charge in [0.15, 0.2) is 17.6 Å². The topological polar surface area (TPSA) is 37.9 Å². The Morgan fingerprint density at radius 3 is 2.74 bits per heavy atom. The summed E-state index contributed by atoms with van der Waals surface area (Å²) in [4.78, 5) is 12.2. The lowest BCUT2D eigenvalue weighted by atomic mass is 10.2. The number of para-hydroxylation sites is 2. The Labute approximate surface area is 139 Å².